The number of benzene rings is 1. The largest absolute Gasteiger partial charge is 0.461 e. The number of fused-ring (bicyclic) bond motifs is 1. The number of hydrogen-bond donors (Lipinski definition) is 2. The van der Waals surface area contributed by atoms with Crippen LogP contribution in [-0.2, 0) is 14.3 Å². The van der Waals surface area contributed by atoms with Gasteiger partial charge in [0.05, 0.1) is 23.9 Å². The van der Waals surface area contributed by atoms with Crippen LogP contribution in [0.2, 0.25) is 0 Å². The molecule has 182 valence electrons. The fourth-order valence-electron chi connectivity index (χ4n) is 5.76. The highest BCUT2D eigenvalue weighted by atomic mass is 16.6. The van der Waals surface area contributed by atoms with Crippen LogP contribution in [0.25, 0.3) is 17.2 Å². The molecule has 1 saturated carbocycles. The molecule has 1 saturated heterocycles. The first-order valence-electron chi connectivity index (χ1n) is 12.1. The fourth-order valence-corrected chi connectivity index (χ4v) is 5.76. The van der Waals surface area contributed by atoms with Crippen LogP contribution < -0.4 is 5.32 Å². The predicted molar refractivity (Wildman–Crippen MR) is 131 cm³/mol. The van der Waals surface area contributed by atoms with E-state index >= 15 is 0 Å². The number of pyridine rings is 1. The van der Waals surface area contributed by atoms with E-state index in [-0.39, 0.29) is 42.7 Å². The number of nitrogens with one attached hydrogen (secondary N) is 1. The Morgan fingerprint density at radius 3 is 2.77 bits per heavy atom. The molecule has 6 atom stereocenters. The zero-order chi connectivity index (χ0) is 25.2. The number of allylic oxidation sites excluding steroid dienone is 1. The number of cyclic esters (lactones) is 1. The minimum absolute atomic E-state index is 0.0612. The van der Waals surface area contributed by atoms with Crippen molar-refractivity contribution in [1.82, 2.24) is 10.3 Å². The Bertz CT molecular complexity index is 1170. The molecule has 1 amide bonds. The number of nitrogens with zero attached hydrogens (tertiary/aromatic N) is 2. The minimum Gasteiger partial charge on any atom is -0.461 e. The van der Waals surface area contributed by atoms with Gasteiger partial charge < -0.3 is 15.2 Å². The molecule has 0 radical (unpaired) electrons. The number of hydrogen-bond acceptors (Lipinski definition) is 6. The molecule has 0 spiro atoms. The number of amides is 1. The highest BCUT2D eigenvalue weighted by Crippen LogP contribution is 2.56. The lowest BCUT2D eigenvalue weighted by atomic mass is 9.54. The van der Waals surface area contributed by atoms with Crippen LogP contribution in [0.3, 0.4) is 0 Å². The summed E-state index contributed by atoms with van der Waals surface area (Å²) in [5.41, 5.74) is 1.96. The average Bonchev–Trinajstić information content (AvgIpc) is 3.13. The first-order valence-corrected chi connectivity index (χ1v) is 12.1. The van der Waals surface area contributed by atoms with Crippen LogP contribution in [0, 0.1) is 40.4 Å². The van der Waals surface area contributed by atoms with Crippen LogP contribution in [0.1, 0.15) is 38.4 Å². The number of nitriles is 1. The number of ether oxygens (including phenoxy) is 1. The molecule has 2 fully saturated rings. The third kappa shape index (κ3) is 4.46. The second kappa shape index (κ2) is 10.0. The molecule has 1 aliphatic heterocycles. The Labute approximate surface area is 205 Å². The lowest BCUT2D eigenvalue weighted by Crippen LogP contribution is -2.56. The third-order valence-corrected chi connectivity index (χ3v) is 7.70. The summed E-state index contributed by atoms with van der Waals surface area (Å²) in [4.78, 5) is 30.8. The number of aliphatic hydroxyl groups is 1. The Balaban J connectivity index is 1.62. The van der Waals surface area contributed by atoms with Gasteiger partial charge in [-0.1, -0.05) is 38.1 Å². The van der Waals surface area contributed by atoms with Gasteiger partial charge in [0.1, 0.15) is 6.10 Å². The summed E-state index contributed by atoms with van der Waals surface area (Å²) in [6.07, 6.45) is 5.82. The summed E-state index contributed by atoms with van der Waals surface area (Å²) in [6.45, 7) is 6.00. The normalized spacial score (nSPS) is 29.9. The van der Waals surface area contributed by atoms with Crippen molar-refractivity contribution in [1.29, 1.82) is 5.26 Å². The first-order chi connectivity index (χ1) is 16.8. The fraction of sp³-hybridized carbons (Fsp3) is 0.429. The third-order valence-electron chi connectivity index (χ3n) is 7.70. The van der Waals surface area contributed by atoms with Crippen molar-refractivity contribution in [3.63, 3.8) is 0 Å². The maximum absolute atomic E-state index is 13.2. The number of rotatable bonds is 6. The monoisotopic (exact) mass is 473 g/mol. The van der Waals surface area contributed by atoms with Crippen LogP contribution in [-0.4, -0.2) is 41.2 Å². The van der Waals surface area contributed by atoms with Crippen molar-refractivity contribution in [2.24, 2.45) is 29.1 Å². The van der Waals surface area contributed by atoms with E-state index in [0.717, 1.165) is 16.8 Å². The van der Waals surface area contributed by atoms with Crippen molar-refractivity contribution in [2.75, 3.05) is 13.2 Å². The van der Waals surface area contributed by atoms with Gasteiger partial charge in [-0.15, -0.1) is 0 Å². The first kappa shape index (κ1) is 24.6. The highest BCUT2D eigenvalue weighted by molar-refractivity contribution is 6.04. The van der Waals surface area contributed by atoms with E-state index in [2.05, 4.69) is 36.3 Å². The lowest BCUT2D eigenvalue weighted by Gasteiger charge is -2.46. The Kier molecular flexibility index (Phi) is 7.04. The standard InChI is InChI=1S/C28H31N3O4/c1-17-14-28(26(33)30-11-12-32)25(19(3)35-27(28)34)24(18(17)2)10-9-23-8-7-22(16-31-23)21-6-4-5-20(13-21)15-29/h4-10,13,16-19,24-25,32H,11-12,14H2,1-3H3,(H,30,33)/b10-9+/t17?,18?,19-,24?,25?,28-/m1/s1. The van der Waals surface area contributed by atoms with Crippen LogP contribution in [0.4, 0.5) is 0 Å². The van der Waals surface area contributed by atoms with Gasteiger partial charge >= 0.3 is 5.97 Å². The average molecular weight is 474 g/mol. The molecule has 7 nitrogen and oxygen atoms in total. The molecular formula is C28H31N3O4. The van der Waals surface area contributed by atoms with E-state index in [9.17, 15) is 14.7 Å². The second-order valence-corrected chi connectivity index (χ2v) is 9.73. The Morgan fingerprint density at radius 1 is 1.29 bits per heavy atom. The molecule has 1 aromatic heterocycles. The van der Waals surface area contributed by atoms with Gasteiger partial charge in [0, 0.05) is 24.2 Å². The summed E-state index contributed by atoms with van der Waals surface area (Å²) >= 11 is 0. The van der Waals surface area contributed by atoms with Gasteiger partial charge in [0.25, 0.3) is 0 Å². The molecule has 0 bridgehead atoms. The van der Waals surface area contributed by atoms with E-state index < -0.39 is 17.5 Å². The molecule has 7 heteroatoms. The van der Waals surface area contributed by atoms with Crippen molar-refractivity contribution in [3.05, 3.63) is 59.9 Å². The molecular weight excluding hydrogens is 442 g/mol. The Hall–Kier alpha value is -3.50. The molecule has 1 aliphatic carbocycles. The molecule has 2 N–H and O–H groups in total. The summed E-state index contributed by atoms with van der Waals surface area (Å²) in [5.74, 6) is -0.825. The van der Waals surface area contributed by atoms with E-state index in [4.69, 9.17) is 10.00 Å². The Morgan fingerprint density at radius 2 is 2.09 bits per heavy atom. The van der Waals surface area contributed by atoms with Crippen molar-refractivity contribution < 1.29 is 19.4 Å². The molecule has 2 aromatic rings. The van der Waals surface area contributed by atoms with Gasteiger partial charge in [0.2, 0.25) is 5.91 Å². The zero-order valence-electron chi connectivity index (χ0n) is 20.3. The number of carbonyl (C=O) groups is 2. The van der Waals surface area contributed by atoms with Gasteiger partial charge in [-0.3, -0.25) is 14.6 Å². The van der Waals surface area contributed by atoms with E-state index in [1.165, 1.54) is 0 Å². The van der Waals surface area contributed by atoms with Gasteiger partial charge in [-0.2, -0.15) is 5.26 Å². The maximum atomic E-state index is 13.2. The van der Waals surface area contributed by atoms with Gasteiger partial charge in [-0.25, -0.2) is 0 Å². The van der Waals surface area contributed by atoms with Crippen LogP contribution in [0.15, 0.2) is 48.7 Å². The topological polar surface area (TPSA) is 112 Å². The van der Waals surface area contributed by atoms with E-state index in [1.807, 2.05) is 43.3 Å². The molecule has 35 heavy (non-hydrogen) atoms. The molecule has 4 unspecified atom stereocenters. The van der Waals surface area contributed by atoms with E-state index in [0.29, 0.717) is 12.0 Å². The number of aromatic nitrogens is 1. The minimum atomic E-state index is -1.25. The van der Waals surface area contributed by atoms with E-state index in [1.54, 1.807) is 12.3 Å². The van der Waals surface area contributed by atoms with Gasteiger partial charge in [0.15, 0.2) is 5.41 Å². The van der Waals surface area contributed by atoms with Gasteiger partial charge in [-0.05, 0) is 60.9 Å². The van der Waals surface area contributed by atoms with Crippen molar-refractivity contribution in [2.45, 2.75) is 33.3 Å². The molecule has 2 aliphatic rings. The molecule has 4 rings (SSSR count). The number of carbonyl (C=O) groups excluding carboxylic acids is 2. The number of esters is 1. The zero-order valence-corrected chi connectivity index (χ0v) is 20.3. The quantitative estimate of drug-likeness (QED) is 0.490. The molecule has 1 aromatic carbocycles. The predicted octanol–water partition coefficient (Wildman–Crippen LogP) is 3.58. The van der Waals surface area contributed by atoms with Crippen molar-refractivity contribution >= 4 is 18.0 Å². The van der Waals surface area contributed by atoms with Crippen molar-refractivity contribution in [3.8, 4) is 17.2 Å². The summed E-state index contributed by atoms with van der Waals surface area (Å²) in [5, 5.41) is 21.1. The highest BCUT2D eigenvalue weighted by Gasteiger charge is 2.66. The van der Waals surface area contributed by atoms with Crippen LogP contribution >= 0.6 is 0 Å². The summed E-state index contributed by atoms with van der Waals surface area (Å²) < 4.78 is 5.64. The molecule has 2 heterocycles. The second-order valence-electron chi connectivity index (χ2n) is 9.73. The van der Waals surface area contributed by atoms with Crippen LogP contribution in [0.5, 0.6) is 0 Å². The maximum Gasteiger partial charge on any atom is 0.322 e. The lowest BCUT2D eigenvalue weighted by molar-refractivity contribution is -0.157. The summed E-state index contributed by atoms with van der Waals surface area (Å²) in [6, 6.07) is 13.4. The number of aliphatic hydroxyl groups excluding tert-OH is 1. The summed E-state index contributed by atoms with van der Waals surface area (Å²) in [7, 11) is 0. The smallest absolute Gasteiger partial charge is 0.322 e. The SMILES string of the molecule is CC1C[C@@]2(C(=O)NCCO)C(=O)O[C@H](C)C2C(/C=C/c2ccc(-c3cccc(C#N)c3)cn2)C1C.